The number of hydrogen-bond donors (Lipinski definition) is 1. The Kier molecular flexibility index (Phi) is 6.10. The van der Waals surface area contributed by atoms with Crippen molar-refractivity contribution in [2.45, 2.75) is 25.0 Å². The summed E-state index contributed by atoms with van der Waals surface area (Å²) in [5.74, 6) is -3.22. The molecule has 0 radical (unpaired) electrons. The maximum atomic E-state index is 12.2. The number of amides is 1. The molecule has 2 atom stereocenters. The summed E-state index contributed by atoms with van der Waals surface area (Å²) in [6.45, 7) is -0.885. The Balaban J connectivity index is 2.72. The second-order valence-corrected chi connectivity index (χ2v) is 4.38. The molecule has 0 aromatic carbocycles. The molecule has 1 aliphatic rings. The van der Waals surface area contributed by atoms with Crippen molar-refractivity contribution in [3.05, 3.63) is 0 Å². The minimum atomic E-state index is -1.15. The molecule has 1 heterocycles. The normalized spacial score (nSPS) is 20.7. The van der Waals surface area contributed by atoms with E-state index in [1.54, 1.807) is 0 Å². The molecule has 9 nitrogen and oxygen atoms in total. The zero-order valence-electron chi connectivity index (χ0n) is 11.7. The second kappa shape index (κ2) is 7.58. The van der Waals surface area contributed by atoms with Crippen LogP contribution in [0.1, 0.15) is 12.8 Å². The van der Waals surface area contributed by atoms with Crippen LogP contribution in [0.2, 0.25) is 0 Å². The highest BCUT2D eigenvalue weighted by Crippen LogP contribution is 2.21. The maximum Gasteiger partial charge on any atom is 0.332 e. The van der Waals surface area contributed by atoms with Gasteiger partial charge in [0.1, 0.15) is 19.2 Å². The molecule has 118 valence electrons. The van der Waals surface area contributed by atoms with Crippen LogP contribution in [-0.2, 0) is 33.4 Å². The van der Waals surface area contributed by atoms with Crippen molar-refractivity contribution in [2.24, 2.45) is 0 Å². The van der Waals surface area contributed by atoms with Crippen LogP contribution in [0, 0.1) is 0 Å². The van der Waals surface area contributed by atoms with Gasteiger partial charge < -0.3 is 24.2 Å². The molecular formula is C12H17NO8. The van der Waals surface area contributed by atoms with Crippen molar-refractivity contribution < 1.29 is 38.5 Å². The molecule has 9 heteroatoms. The fraction of sp³-hybridized carbons (Fsp3) is 0.667. The SMILES string of the molecule is COC(=O)CN(CC(=O)OC)C(=O)[C@@H]1CC[C@H](C(=O)O)O1. The smallest absolute Gasteiger partial charge is 0.332 e. The summed E-state index contributed by atoms with van der Waals surface area (Å²) in [6.07, 6.45) is -1.66. The van der Waals surface area contributed by atoms with Crippen molar-refractivity contribution in [3.63, 3.8) is 0 Å². The number of carbonyl (C=O) groups is 4. The standard InChI is InChI=1S/C12H17NO8/c1-19-9(14)5-13(6-10(15)20-2)11(16)7-3-4-8(21-7)12(17)18/h7-8H,3-6H2,1-2H3,(H,17,18)/t7-,8+/m0/s1. The Bertz CT molecular complexity index is 417. The molecule has 1 fully saturated rings. The van der Waals surface area contributed by atoms with Gasteiger partial charge in [0.15, 0.2) is 6.10 Å². The van der Waals surface area contributed by atoms with Crippen LogP contribution in [-0.4, -0.2) is 73.3 Å². The molecule has 1 N–H and O–H groups in total. The molecule has 0 saturated carbocycles. The Morgan fingerprint density at radius 3 is 1.90 bits per heavy atom. The lowest BCUT2D eigenvalue weighted by atomic mass is 10.2. The minimum absolute atomic E-state index is 0.191. The zero-order chi connectivity index (χ0) is 16.0. The van der Waals surface area contributed by atoms with Crippen molar-refractivity contribution in [3.8, 4) is 0 Å². The van der Waals surface area contributed by atoms with Crippen LogP contribution in [0.5, 0.6) is 0 Å². The Hall–Kier alpha value is -2.16. The van der Waals surface area contributed by atoms with Crippen molar-refractivity contribution in [1.82, 2.24) is 4.90 Å². The second-order valence-electron chi connectivity index (χ2n) is 4.38. The third-order valence-corrected chi connectivity index (χ3v) is 2.98. The van der Waals surface area contributed by atoms with E-state index in [9.17, 15) is 19.2 Å². The highest BCUT2D eigenvalue weighted by molar-refractivity contribution is 5.89. The number of hydrogen-bond acceptors (Lipinski definition) is 7. The third-order valence-electron chi connectivity index (χ3n) is 2.98. The van der Waals surface area contributed by atoms with Gasteiger partial charge in [0, 0.05) is 0 Å². The zero-order valence-corrected chi connectivity index (χ0v) is 11.7. The number of ether oxygens (including phenoxy) is 3. The lowest BCUT2D eigenvalue weighted by Gasteiger charge is -2.23. The highest BCUT2D eigenvalue weighted by atomic mass is 16.5. The molecule has 1 rings (SSSR count). The van der Waals surface area contributed by atoms with Gasteiger partial charge in [0.05, 0.1) is 14.2 Å². The first kappa shape index (κ1) is 16.9. The van der Waals surface area contributed by atoms with Gasteiger partial charge >= 0.3 is 17.9 Å². The van der Waals surface area contributed by atoms with Gasteiger partial charge in [-0.25, -0.2) is 4.79 Å². The van der Waals surface area contributed by atoms with Gasteiger partial charge in [-0.2, -0.15) is 0 Å². The van der Waals surface area contributed by atoms with Crippen molar-refractivity contribution in [1.29, 1.82) is 0 Å². The highest BCUT2D eigenvalue weighted by Gasteiger charge is 2.37. The van der Waals surface area contributed by atoms with E-state index < -0.39 is 49.1 Å². The molecule has 0 bridgehead atoms. The summed E-state index contributed by atoms with van der Waals surface area (Å²) in [5.41, 5.74) is 0. The summed E-state index contributed by atoms with van der Waals surface area (Å²) in [6, 6.07) is 0. The minimum Gasteiger partial charge on any atom is -0.479 e. The van der Waals surface area contributed by atoms with Crippen LogP contribution in [0.4, 0.5) is 0 Å². The quantitative estimate of drug-likeness (QED) is 0.607. The van der Waals surface area contributed by atoms with Crippen LogP contribution < -0.4 is 0 Å². The van der Waals surface area contributed by atoms with E-state index in [1.807, 2.05) is 0 Å². The van der Waals surface area contributed by atoms with Crippen LogP contribution in [0.25, 0.3) is 0 Å². The van der Waals surface area contributed by atoms with Crippen LogP contribution in [0.15, 0.2) is 0 Å². The molecule has 0 aliphatic carbocycles. The molecule has 21 heavy (non-hydrogen) atoms. The predicted molar refractivity (Wildman–Crippen MR) is 66.1 cm³/mol. The Morgan fingerprint density at radius 2 is 1.52 bits per heavy atom. The van der Waals surface area contributed by atoms with Gasteiger partial charge in [0.25, 0.3) is 5.91 Å². The van der Waals surface area contributed by atoms with E-state index in [0.29, 0.717) is 0 Å². The van der Waals surface area contributed by atoms with Gasteiger partial charge in [-0.3, -0.25) is 14.4 Å². The maximum absolute atomic E-state index is 12.2. The number of methoxy groups -OCH3 is 2. The van der Waals surface area contributed by atoms with E-state index >= 15 is 0 Å². The molecular weight excluding hydrogens is 286 g/mol. The summed E-state index contributed by atoms with van der Waals surface area (Å²) in [7, 11) is 2.30. The summed E-state index contributed by atoms with van der Waals surface area (Å²) < 4.78 is 14.0. The lowest BCUT2D eigenvalue weighted by Crippen LogP contribution is -2.45. The largest absolute Gasteiger partial charge is 0.479 e. The molecule has 0 aromatic heterocycles. The summed E-state index contributed by atoms with van der Waals surface area (Å²) >= 11 is 0. The molecule has 0 aromatic rings. The van der Waals surface area contributed by atoms with E-state index in [-0.39, 0.29) is 12.8 Å². The Morgan fingerprint density at radius 1 is 1.05 bits per heavy atom. The number of aliphatic carboxylic acids is 1. The average molecular weight is 303 g/mol. The number of esters is 2. The van der Waals surface area contributed by atoms with Gasteiger partial charge in [-0.05, 0) is 12.8 Å². The number of carboxylic acids is 1. The van der Waals surface area contributed by atoms with Crippen LogP contribution in [0.3, 0.4) is 0 Å². The fourth-order valence-electron chi connectivity index (χ4n) is 1.86. The predicted octanol–water partition coefficient (Wildman–Crippen LogP) is -1.21. The summed E-state index contributed by atoms with van der Waals surface area (Å²) in [4.78, 5) is 46.5. The number of carbonyl (C=O) groups excluding carboxylic acids is 3. The van der Waals surface area contributed by atoms with E-state index in [4.69, 9.17) is 9.84 Å². The number of nitrogens with zero attached hydrogens (tertiary/aromatic N) is 1. The van der Waals surface area contributed by atoms with Crippen molar-refractivity contribution in [2.75, 3.05) is 27.3 Å². The lowest BCUT2D eigenvalue weighted by molar-refractivity contribution is -0.160. The van der Waals surface area contributed by atoms with E-state index in [0.717, 1.165) is 19.1 Å². The first-order chi connectivity index (χ1) is 9.88. The van der Waals surface area contributed by atoms with Gasteiger partial charge in [-0.15, -0.1) is 0 Å². The molecule has 1 saturated heterocycles. The molecule has 1 aliphatic heterocycles. The fourth-order valence-corrected chi connectivity index (χ4v) is 1.86. The average Bonchev–Trinajstić information content (AvgIpc) is 2.95. The number of carboxylic acid groups (broad SMARTS) is 1. The van der Waals surface area contributed by atoms with E-state index in [2.05, 4.69) is 9.47 Å². The third kappa shape index (κ3) is 4.71. The van der Waals surface area contributed by atoms with Gasteiger partial charge in [-0.1, -0.05) is 0 Å². The first-order valence-corrected chi connectivity index (χ1v) is 6.19. The monoisotopic (exact) mass is 303 g/mol. The van der Waals surface area contributed by atoms with Gasteiger partial charge in [0.2, 0.25) is 0 Å². The topological polar surface area (TPSA) is 119 Å². The molecule has 0 spiro atoms. The number of rotatable bonds is 6. The Labute approximate surface area is 120 Å². The van der Waals surface area contributed by atoms with Crippen LogP contribution >= 0.6 is 0 Å². The first-order valence-electron chi connectivity index (χ1n) is 6.19. The summed E-state index contributed by atoms with van der Waals surface area (Å²) in [5, 5.41) is 8.82. The van der Waals surface area contributed by atoms with E-state index in [1.165, 1.54) is 0 Å². The van der Waals surface area contributed by atoms with Crippen molar-refractivity contribution >= 4 is 23.8 Å². The molecule has 1 amide bonds. The molecule has 0 unspecified atom stereocenters.